The predicted octanol–water partition coefficient (Wildman–Crippen LogP) is 0.959. The Morgan fingerprint density at radius 1 is 1.06 bits per heavy atom. The van der Waals surface area contributed by atoms with E-state index in [0.717, 1.165) is 25.3 Å². The van der Waals surface area contributed by atoms with E-state index in [1.165, 1.54) is 12.8 Å². The molecule has 11 nitrogen and oxygen atoms in total. The van der Waals surface area contributed by atoms with E-state index in [0.29, 0.717) is 17.1 Å². The largest absolute Gasteiger partial charge is 0.481 e. The van der Waals surface area contributed by atoms with Crippen LogP contribution in [-0.4, -0.2) is 88.0 Å². The van der Waals surface area contributed by atoms with E-state index in [1.54, 1.807) is 19.2 Å². The zero-order chi connectivity index (χ0) is 24.3. The summed E-state index contributed by atoms with van der Waals surface area (Å²) < 4.78 is 0. The fraction of sp³-hybridized carbons (Fsp3) is 0.500. The molecule has 2 rings (SSSR count). The summed E-state index contributed by atoms with van der Waals surface area (Å²) in [6.45, 7) is 3.89. The number of amides is 1. The fourth-order valence-corrected chi connectivity index (χ4v) is 3.24. The standard InChI is InChI=1S/C14H20ClN3O.C6H8O7/c1-16-13-5-4-11(15)10-12(13)14(19)17-6-9-18-7-2-3-8-18;7-3(8)1-6(13,5(11)12)2-4(9)10/h4-5,10,16H,2-3,6-9H2,1H3,(H,17,19);13H,1-2H2,(H,7,8)(H,9,10)(H,11,12). The van der Waals surface area contributed by atoms with Gasteiger partial charge >= 0.3 is 17.9 Å². The Balaban J connectivity index is 0.000000347. The molecule has 1 amide bonds. The zero-order valence-corrected chi connectivity index (χ0v) is 18.4. The summed E-state index contributed by atoms with van der Waals surface area (Å²) in [4.78, 5) is 45.0. The Morgan fingerprint density at radius 3 is 2.09 bits per heavy atom. The van der Waals surface area contributed by atoms with Gasteiger partial charge in [-0.3, -0.25) is 14.4 Å². The highest BCUT2D eigenvalue weighted by Gasteiger charge is 2.40. The molecule has 1 heterocycles. The van der Waals surface area contributed by atoms with Gasteiger partial charge in [0.15, 0.2) is 5.60 Å². The number of aliphatic carboxylic acids is 3. The van der Waals surface area contributed by atoms with Gasteiger partial charge in [-0.05, 0) is 44.1 Å². The van der Waals surface area contributed by atoms with Gasteiger partial charge in [0.25, 0.3) is 5.91 Å². The fourth-order valence-electron chi connectivity index (χ4n) is 3.07. The molecule has 32 heavy (non-hydrogen) atoms. The van der Waals surface area contributed by atoms with Crippen LogP contribution in [0.5, 0.6) is 0 Å². The number of nitrogens with one attached hydrogen (secondary N) is 2. The first kappa shape index (κ1) is 27.1. The van der Waals surface area contributed by atoms with Crippen LogP contribution in [0.15, 0.2) is 18.2 Å². The minimum absolute atomic E-state index is 0.0777. The van der Waals surface area contributed by atoms with Crippen molar-refractivity contribution in [1.29, 1.82) is 0 Å². The van der Waals surface area contributed by atoms with Crippen LogP contribution >= 0.6 is 11.6 Å². The smallest absolute Gasteiger partial charge is 0.336 e. The molecular formula is C20H28ClN3O8. The van der Waals surface area contributed by atoms with Gasteiger partial charge in [0, 0.05) is 30.8 Å². The Bertz CT molecular complexity index is 811. The number of aliphatic hydroxyl groups is 1. The molecule has 6 N–H and O–H groups in total. The van der Waals surface area contributed by atoms with Crippen molar-refractivity contribution in [2.24, 2.45) is 0 Å². The average Bonchev–Trinajstić information content (AvgIpc) is 3.20. The van der Waals surface area contributed by atoms with Crippen LogP contribution in [0.4, 0.5) is 5.69 Å². The molecule has 0 unspecified atom stereocenters. The Hall–Kier alpha value is -2.89. The minimum Gasteiger partial charge on any atom is -0.481 e. The first-order valence-electron chi connectivity index (χ1n) is 9.85. The summed E-state index contributed by atoms with van der Waals surface area (Å²) in [5.74, 6) is -5.10. The van der Waals surface area contributed by atoms with Crippen LogP contribution in [0.1, 0.15) is 36.0 Å². The third kappa shape index (κ3) is 9.08. The molecule has 0 bridgehead atoms. The highest BCUT2D eigenvalue weighted by atomic mass is 35.5. The van der Waals surface area contributed by atoms with Crippen LogP contribution in [0.3, 0.4) is 0 Å². The monoisotopic (exact) mass is 473 g/mol. The zero-order valence-electron chi connectivity index (χ0n) is 17.6. The van der Waals surface area contributed by atoms with Gasteiger partial charge in [0.1, 0.15) is 0 Å². The molecule has 0 spiro atoms. The van der Waals surface area contributed by atoms with E-state index < -0.39 is 36.4 Å². The highest BCUT2D eigenvalue weighted by Crippen LogP contribution is 2.20. The van der Waals surface area contributed by atoms with Crippen LogP contribution in [-0.2, 0) is 14.4 Å². The van der Waals surface area contributed by atoms with Gasteiger partial charge in [-0.2, -0.15) is 0 Å². The normalized spacial score (nSPS) is 13.6. The first-order chi connectivity index (χ1) is 15.0. The third-order valence-electron chi connectivity index (χ3n) is 4.69. The number of anilines is 1. The number of likely N-dealkylation sites (tertiary alicyclic amines) is 1. The van der Waals surface area contributed by atoms with Gasteiger partial charge in [-0.15, -0.1) is 0 Å². The van der Waals surface area contributed by atoms with E-state index in [1.807, 2.05) is 6.07 Å². The molecule has 1 aromatic rings. The molecular weight excluding hydrogens is 446 g/mol. The molecule has 1 aliphatic rings. The Kier molecular flexibility index (Phi) is 10.9. The summed E-state index contributed by atoms with van der Waals surface area (Å²) >= 11 is 5.94. The van der Waals surface area contributed by atoms with E-state index in [2.05, 4.69) is 15.5 Å². The number of nitrogens with zero attached hydrogens (tertiary/aromatic N) is 1. The number of halogens is 1. The molecule has 1 aromatic carbocycles. The molecule has 178 valence electrons. The van der Waals surface area contributed by atoms with Crippen LogP contribution in [0, 0.1) is 0 Å². The molecule has 0 aliphatic carbocycles. The summed E-state index contributed by atoms with van der Waals surface area (Å²) in [6, 6.07) is 5.28. The number of carboxylic acids is 3. The number of carbonyl (C=O) groups is 4. The van der Waals surface area contributed by atoms with E-state index in [-0.39, 0.29) is 5.91 Å². The average molecular weight is 474 g/mol. The molecule has 0 aromatic heterocycles. The number of carbonyl (C=O) groups excluding carboxylic acids is 1. The van der Waals surface area contributed by atoms with Crippen LogP contribution in [0.2, 0.25) is 5.02 Å². The topological polar surface area (TPSA) is 176 Å². The summed E-state index contributed by atoms with van der Waals surface area (Å²) in [5.41, 5.74) is -1.35. The lowest BCUT2D eigenvalue weighted by atomic mass is 9.96. The molecule has 0 radical (unpaired) electrons. The molecule has 0 saturated carbocycles. The maximum Gasteiger partial charge on any atom is 0.336 e. The van der Waals surface area contributed by atoms with Crippen molar-refractivity contribution in [3.8, 4) is 0 Å². The number of rotatable bonds is 10. The maximum atomic E-state index is 12.1. The van der Waals surface area contributed by atoms with E-state index >= 15 is 0 Å². The van der Waals surface area contributed by atoms with Crippen molar-refractivity contribution < 1.29 is 39.6 Å². The van der Waals surface area contributed by atoms with Gasteiger partial charge in [-0.25, -0.2) is 4.79 Å². The van der Waals surface area contributed by atoms with Crippen LogP contribution < -0.4 is 10.6 Å². The van der Waals surface area contributed by atoms with Crippen molar-refractivity contribution in [2.45, 2.75) is 31.3 Å². The summed E-state index contributed by atoms with van der Waals surface area (Å²) in [7, 11) is 1.80. The first-order valence-corrected chi connectivity index (χ1v) is 10.2. The minimum atomic E-state index is -2.74. The number of carboxylic acid groups (broad SMARTS) is 3. The second-order valence-electron chi connectivity index (χ2n) is 7.22. The second kappa shape index (κ2) is 12.8. The SMILES string of the molecule is CNc1ccc(Cl)cc1C(=O)NCCN1CCCC1.O=C(O)CC(O)(CC(=O)O)C(=O)O. The second-order valence-corrected chi connectivity index (χ2v) is 7.66. The van der Waals surface area contributed by atoms with Crippen molar-refractivity contribution in [3.05, 3.63) is 28.8 Å². The van der Waals surface area contributed by atoms with Gasteiger partial charge in [0.05, 0.1) is 18.4 Å². The number of hydrogen-bond donors (Lipinski definition) is 6. The van der Waals surface area contributed by atoms with Gasteiger partial charge < -0.3 is 36.0 Å². The van der Waals surface area contributed by atoms with Crippen molar-refractivity contribution >= 4 is 41.1 Å². The third-order valence-corrected chi connectivity index (χ3v) is 4.93. The molecule has 1 saturated heterocycles. The highest BCUT2D eigenvalue weighted by molar-refractivity contribution is 6.31. The van der Waals surface area contributed by atoms with E-state index in [4.69, 9.17) is 32.0 Å². The lowest BCUT2D eigenvalue weighted by Gasteiger charge is -2.18. The molecule has 12 heteroatoms. The van der Waals surface area contributed by atoms with Gasteiger partial charge in [-0.1, -0.05) is 11.6 Å². The predicted molar refractivity (Wildman–Crippen MR) is 116 cm³/mol. The quantitative estimate of drug-likeness (QED) is 0.287. The summed E-state index contributed by atoms with van der Waals surface area (Å²) in [6.07, 6.45) is 0.252. The Labute approximate surface area is 190 Å². The molecule has 1 aliphatic heterocycles. The Morgan fingerprint density at radius 2 is 1.62 bits per heavy atom. The molecule has 0 atom stereocenters. The lowest BCUT2D eigenvalue weighted by Crippen LogP contribution is -2.42. The molecule has 1 fully saturated rings. The number of hydrogen-bond acceptors (Lipinski definition) is 7. The van der Waals surface area contributed by atoms with Crippen LogP contribution in [0.25, 0.3) is 0 Å². The lowest BCUT2D eigenvalue weighted by molar-refractivity contribution is -0.170. The van der Waals surface area contributed by atoms with E-state index in [9.17, 15) is 19.2 Å². The van der Waals surface area contributed by atoms with Crippen molar-refractivity contribution in [1.82, 2.24) is 10.2 Å². The maximum absolute atomic E-state index is 12.1. The van der Waals surface area contributed by atoms with Gasteiger partial charge in [0.2, 0.25) is 0 Å². The summed E-state index contributed by atoms with van der Waals surface area (Å²) in [5, 5.41) is 40.3. The number of benzene rings is 1. The van der Waals surface area contributed by atoms with Crippen molar-refractivity contribution in [2.75, 3.05) is 38.5 Å². The van der Waals surface area contributed by atoms with Crippen molar-refractivity contribution in [3.63, 3.8) is 0 Å².